The Balaban J connectivity index is 2.52. The summed E-state index contributed by atoms with van der Waals surface area (Å²) in [4.78, 5) is 24.9. The van der Waals surface area contributed by atoms with Crippen LogP contribution in [0.4, 0.5) is 10.5 Å². The molecule has 1 aromatic carbocycles. The molecule has 5 nitrogen and oxygen atoms in total. The molecule has 20 heavy (non-hydrogen) atoms. The van der Waals surface area contributed by atoms with E-state index in [2.05, 4.69) is 5.32 Å². The normalized spacial score (nSPS) is 9.95. The molecule has 1 rings (SSSR count). The van der Waals surface area contributed by atoms with Gasteiger partial charge in [-0.2, -0.15) is 0 Å². The quantitative estimate of drug-likeness (QED) is 0.821. The number of rotatable bonds is 6. The van der Waals surface area contributed by atoms with Crippen molar-refractivity contribution < 1.29 is 14.3 Å². The fraction of sp³-hybridized carbons (Fsp3) is 0.429. The van der Waals surface area contributed by atoms with Gasteiger partial charge < -0.3 is 15.0 Å². The fourth-order valence-electron chi connectivity index (χ4n) is 1.63. The maximum Gasteiger partial charge on any atom is 0.321 e. The first-order chi connectivity index (χ1) is 9.56. The Labute approximate surface area is 123 Å². The molecular weight excluding hydrogens is 280 g/mol. The second-order valence-electron chi connectivity index (χ2n) is 4.08. The van der Waals surface area contributed by atoms with Gasteiger partial charge in [0.05, 0.1) is 13.0 Å². The van der Waals surface area contributed by atoms with Gasteiger partial charge in [0.15, 0.2) is 0 Å². The number of halogens is 1. The lowest BCUT2D eigenvalue weighted by Gasteiger charge is -2.21. The van der Waals surface area contributed by atoms with Gasteiger partial charge in [0.2, 0.25) is 0 Å². The Bertz CT molecular complexity index is 465. The first kappa shape index (κ1) is 16.3. The van der Waals surface area contributed by atoms with Crippen LogP contribution in [-0.2, 0) is 9.53 Å². The molecule has 110 valence electrons. The monoisotopic (exact) mass is 298 g/mol. The number of amides is 2. The molecule has 0 radical (unpaired) electrons. The average Bonchev–Trinajstić information content (AvgIpc) is 2.39. The zero-order valence-corrected chi connectivity index (χ0v) is 12.4. The van der Waals surface area contributed by atoms with Gasteiger partial charge in [-0.1, -0.05) is 17.7 Å². The molecular formula is C14H19ClN2O3. The van der Waals surface area contributed by atoms with E-state index >= 15 is 0 Å². The number of esters is 1. The number of hydrogen-bond acceptors (Lipinski definition) is 3. The van der Waals surface area contributed by atoms with Crippen molar-refractivity contribution in [1.82, 2.24) is 4.90 Å². The van der Waals surface area contributed by atoms with E-state index in [-0.39, 0.29) is 18.4 Å². The van der Waals surface area contributed by atoms with E-state index < -0.39 is 0 Å². The van der Waals surface area contributed by atoms with Gasteiger partial charge in [-0.15, -0.1) is 0 Å². The van der Waals surface area contributed by atoms with Crippen molar-refractivity contribution in [3.8, 4) is 0 Å². The molecule has 0 heterocycles. The summed E-state index contributed by atoms with van der Waals surface area (Å²) in [6.45, 7) is 4.78. The van der Waals surface area contributed by atoms with Crippen LogP contribution in [-0.4, -0.2) is 36.6 Å². The summed E-state index contributed by atoms with van der Waals surface area (Å²) in [6, 6.07) is 6.64. The number of ether oxygens (including phenoxy) is 1. The van der Waals surface area contributed by atoms with Crippen LogP contribution in [0, 0.1) is 0 Å². The van der Waals surface area contributed by atoms with Crippen LogP contribution in [0.3, 0.4) is 0 Å². The summed E-state index contributed by atoms with van der Waals surface area (Å²) in [7, 11) is 0. The molecule has 0 aliphatic rings. The summed E-state index contributed by atoms with van der Waals surface area (Å²) in [6.07, 6.45) is 0.185. The van der Waals surface area contributed by atoms with Gasteiger partial charge in [-0.3, -0.25) is 4.79 Å². The van der Waals surface area contributed by atoms with Gasteiger partial charge in [0.25, 0.3) is 0 Å². The molecule has 0 saturated heterocycles. The molecule has 0 aliphatic heterocycles. The molecule has 0 bridgehead atoms. The molecule has 2 amide bonds. The second-order valence-corrected chi connectivity index (χ2v) is 4.51. The third-order valence-corrected chi connectivity index (χ3v) is 2.87. The molecule has 6 heteroatoms. The molecule has 1 N–H and O–H groups in total. The molecule has 0 saturated carbocycles. The Kier molecular flexibility index (Phi) is 6.87. The molecule has 0 aromatic heterocycles. The third-order valence-electron chi connectivity index (χ3n) is 2.64. The van der Waals surface area contributed by atoms with E-state index in [9.17, 15) is 9.59 Å². The van der Waals surface area contributed by atoms with E-state index in [0.717, 1.165) is 0 Å². The zero-order valence-electron chi connectivity index (χ0n) is 11.7. The van der Waals surface area contributed by atoms with Crippen molar-refractivity contribution in [1.29, 1.82) is 0 Å². The number of benzene rings is 1. The van der Waals surface area contributed by atoms with Crippen molar-refractivity contribution in [2.75, 3.05) is 25.0 Å². The van der Waals surface area contributed by atoms with Gasteiger partial charge in [0, 0.05) is 23.8 Å². The number of urea groups is 1. The number of nitrogens with zero attached hydrogens (tertiary/aromatic N) is 1. The lowest BCUT2D eigenvalue weighted by Crippen LogP contribution is -2.36. The van der Waals surface area contributed by atoms with Crippen LogP contribution < -0.4 is 5.32 Å². The summed E-state index contributed by atoms with van der Waals surface area (Å²) < 4.78 is 4.84. The SMILES string of the molecule is CCOC(=O)CCN(CC)C(=O)Nc1cccc(Cl)c1. The number of hydrogen-bond donors (Lipinski definition) is 1. The van der Waals surface area contributed by atoms with Crippen LogP contribution in [0.25, 0.3) is 0 Å². The van der Waals surface area contributed by atoms with Gasteiger partial charge in [-0.25, -0.2) is 4.79 Å². The Morgan fingerprint density at radius 1 is 1.35 bits per heavy atom. The number of anilines is 1. The van der Waals surface area contributed by atoms with Crippen LogP contribution in [0.15, 0.2) is 24.3 Å². The molecule has 0 spiro atoms. The average molecular weight is 299 g/mol. The molecule has 0 atom stereocenters. The Morgan fingerprint density at radius 3 is 2.70 bits per heavy atom. The second kappa shape index (κ2) is 8.43. The maximum atomic E-state index is 12.0. The smallest absolute Gasteiger partial charge is 0.321 e. The molecule has 0 fully saturated rings. The van der Waals surface area contributed by atoms with Crippen molar-refractivity contribution in [2.24, 2.45) is 0 Å². The van der Waals surface area contributed by atoms with E-state index in [0.29, 0.717) is 30.4 Å². The van der Waals surface area contributed by atoms with Crippen LogP contribution in [0.2, 0.25) is 5.02 Å². The van der Waals surface area contributed by atoms with E-state index in [1.165, 1.54) is 4.90 Å². The molecule has 0 unspecified atom stereocenters. The first-order valence-electron chi connectivity index (χ1n) is 6.54. The number of carbonyl (C=O) groups is 2. The van der Waals surface area contributed by atoms with Crippen molar-refractivity contribution in [2.45, 2.75) is 20.3 Å². The minimum Gasteiger partial charge on any atom is -0.466 e. The molecule has 0 aliphatic carbocycles. The van der Waals surface area contributed by atoms with Crippen molar-refractivity contribution in [3.63, 3.8) is 0 Å². The van der Waals surface area contributed by atoms with E-state index in [1.54, 1.807) is 31.2 Å². The van der Waals surface area contributed by atoms with Crippen LogP contribution in [0.5, 0.6) is 0 Å². The minimum atomic E-state index is -0.304. The Morgan fingerprint density at radius 2 is 2.10 bits per heavy atom. The highest BCUT2D eigenvalue weighted by atomic mass is 35.5. The summed E-state index contributed by atoms with van der Waals surface area (Å²) in [5.41, 5.74) is 0.622. The standard InChI is InChI=1S/C14H19ClN2O3/c1-3-17(9-8-13(18)20-4-2)14(19)16-12-7-5-6-11(15)10-12/h5-7,10H,3-4,8-9H2,1-2H3,(H,16,19). The largest absolute Gasteiger partial charge is 0.466 e. The summed E-state index contributed by atoms with van der Waals surface area (Å²) in [5, 5.41) is 3.29. The highest BCUT2D eigenvalue weighted by Crippen LogP contribution is 2.15. The van der Waals surface area contributed by atoms with Crippen LogP contribution >= 0.6 is 11.6 Å². The predicted octanol–water partition coefficient (Wildman–Crippen LogP) is 3.15. The van der Waals surface area contributed by atoms with E-state index in [1.807, 2.05) is 6.92 Å². The van der Waals surface area contributed by atoms with Crippen molar-refractivity contribution >= 4 is 29.3 Å². The lowest BCUT2D eigenvalue weighted by atomic mass is 10.3. The summed E-state index contributed by atoms with van der Waals surface area (Å²) in [5.74, 6) is -0.304. The van der Waals surface area contributed by atoms with Gasteiger partial charge in [0.1, 0.15) is 0 Å². The number of nitrogens with one attached hydrogen (secondary N) is 1. The highest BCUT2D eigenvalue weighted by Gasteiger charge is 2.13. The topological polar surface area (TPSA) is 58.6 Å². The predicted molar refractivity (Wildman–Crippen MR) is 79.0 cm³/mol. The maximum absolute atomic E-state index is 12.0. The van der Waals surface area contributed by atoms with E-state index in [4.69, 9.17) is 16.3 Å². The van der Waals surface area contributed by atoms with Crippen molar-refractivity contribution in [3.05, 3.63) is 29.3 Å². The first-order valence-corrected chi connectivity index (χ1v) is 6.91. The van der Waals surface area contributed by atoms with Gasteiger partial charge in [-0.05, 0) is 32.0 Å². The highest BCUT2D eigenvalue weighted by molar-refractivity contribution is 6.30. The van der Waals surface area contributed by atoms with Crippen LogP contribution in [0.1, 0.15) is 20.3 Å². The molecule has 1 aromatic rings. The Hall–Kier alpha value is -1.75. The minimum absolute atomic E-state index is 0.185. The summed E-state index contributed by atoms with van der Waals surface area (Å²) >= 11 is 5.85. The zero-order chi connectivity index (χ0) is 15.0. The number of carbonyl (C=O) groups excluding carboxylic acids is 2. The third kappa shape index (κ3) is 5.48. The fourth-order valence-corrected chi connectivity index (χ4v) is 1.82. The lowest BCUT2D eigenvalue weighted by molar-refractivity contribution is -0.143. The van der Waals surface area contributed by atoms with Gasteiger partial charge >= 0.3 is 12.0 Å².